The van der Waals surface area contributed by atoms with Gasteiger partial charge in [-0.1, -0.05) is 40.9 Å². The summed E-state index contributed by atoms with van der Waals surface area (Å²) in [4.78, 5) is 25.8. The summed E-state index contributed by atoms with van der Waals surface area (Å²) in [6.07, 6.45) is 1.53. The van der Waals surface area contributed by atoms with Crippen LogP contribution in [0.2, 0.25) is 15.1 Å². The van der Waals surface area contributed by atoms with Crippen molar-refractivity contribution in [2.75, 3.05) is 0 Å². The summed E-state index contributed by atoms with van der Waals surface area (Å²) >= 11 is 18.3. The summed E-state index contributed by atoms with van der Waals surface area (Å²) < 4.78 is 3.08. The number of amides is 1. The molecule has 29 heavy (non-hydrogen) atoms. The Balaban J connectivity index is 2.12. The van der Waals surface area contributed by atoms with Crippen LogP contribution in [0.15, 0.2) is 53.5 Å². The van der Waals surface area contributed by atoms with Crippen molar-refractivity contribution in [3.05, 3.63) is 85.2 Å². The first-order valence-corrected chi connectivity index (χ1v) is 10.0. The molecule has 0 saturated heterocycles. The maximum absolute atomic E-state index is 13.1. The number of carbonyl (C=O) groups excluding carboxylic acids is 1. The molecule has 0 radical (unpaired) electrons. The molecule has 0 saturated carbocycles. The number of aromatic nitrogens is 2. The van der Waals surface area contributed by atoms with E-state index in [9.17, 15) is 9.59 Å². The number of nitrogens with one attached hydrogen (secondary N) is 1. The van der Waals surface area contributed by atoms with E-state index in [2.05, 4.69) is 5.32 Å². The van der Waals surface area contributed by atoms with Crippen LogP contribution >= 0.6 is 34.8 Å². The van der Waals surface area contributed by atoms with Crippen molar-refractivity contribution in [1.82, 2.24) is 14.7 Å². The van der Waals surface area contributed by atoms with Crippen molar-refractivity contribution in [3.8, 4) is 5.69 Å². The molecule has 8 heteroatoms. The van der Waals surface area contributed by atoms with Gasteiger partial charge in [-0.3, -0.25) is 14.3 Å². The molecular formula is C21H20Cl3N3O2. The number of hydrogen-bond acceptors (Lipinski definition) is 2. The van der Waals surface area contributed by atoms with Gasteiger partial charge in [0.2, 0.25) is 0 Å². The Morgan fingerprint density at radius 1 is 1.00 bits per heavy atom. The quantitative estimate of drug-likeness (QED) is 0.593. The molecule has 0 atom stereocenters. The van der Waals surface area contributed by atoms with Crippen LogP contribution in [0.4, 0.5) is 0 Å². The lowest BCUT2D eigenvalue weighted by Gasteiger charge is -2.19. The monoisotopic (exact) mass is 451 g/mol. The Labute approximate surface area is 183 Å². The maximum atomic E-state index is 13.1. The topological polar surface area (TPSA) is 56.0 Å². The molecule has 1 aromatic heterocycles. The lowest BCUT2D eigenvalue weighted by molar-refractivity contribution is 0.0918. The summed E-state index contributed by atoms with van der Waals surface area (Å²) in [5.41, 5.74) is 0.478. The van der Waals surface area contributed by atoms with Crippen LogP contribution in [0, 0.1) is 0 Å². The second kappa shape index (κ2) is 8.27. The van der Waals surface area contributed by atoms with E-state index in [1.165, 1.54) is 10.9 Å². The lowest BCUT2D eigenvalue weighted by Crippen LogP contribution is -2.42. The minimum Gasteiger partial charge on any atom is -0.347 e. The Hall–Kier alpha value is -2.21. The summed E-state index contributed by atoms with van der Waals surface area (Å²) in [6.45, 7) is 5.84. The van der Waals surface area contributed by atoms with Gasteiger partial charge < -0.3 is 5.32 Å². The largest absolute Gasteiger partial charge is 0.347 e. The Morgan fingerprint density at radius 2 is 1.62 bits per heavy atom. The van der Waals surface area contributed by atoms with Crippen molar-refractivity contribution < 1.29 is 4.79 Å². The van der Waals surface area contributed by atoms with Crippen LogP contribution in [0.3, 0.4) is 0 Å². The molecule has 0 unspecified atom stereocenters. The molecule has 1 amide bonds. The van der Waals surface area contributed by atoms with E-state index in [0.717, 1.165) is 5.56 Å². The van der Waals surface area contributed by atoms with Crippen LogP contribution < -0.4 is 10.9 Å². The zero-order valence-corrected chi connectivity index (χ0v) is 18.4. The van der Waals surface area contributed by atoms with Crippen molar-refractivity contribution >= 4 is 40.7 Å². The molecule has 0 spiro atoms. The van der Waals surface area contributed by atoms with Crippen molar-refractivity contribution in [2.45, 2.75) is 32.9 Å². The second-order valence-corrected chi connectivity index (χ2v) is 8.95. The number of halogens is 3. The van der Waals surface area contributed by atoms with E-state index in [4.69, 9.17) is 34.8 Å². The third-order valence-electron chi connectivity index (χ3n) is 4.11. The fourth-order valence-electron chi connectivity index (χ4n) is 2.85. The molecule has 152 valence electrons. The summed E-state index contributed by atoms with van der Waals surface area (Å²) in [5, 5.41) is 4.37. The van der Waals surface area contributed by atoms with E-state index in [1.807, 2.05) is 20.8 Å². The summed E-state index contributed by atoms with van der Waals surface area (Å²) in [6, 6.07) is 12.0. The molecule has 1 N–H and O–H groups in total. The minimum atomic E-state index is -0.476. The average Bonchev–Trinajstić information content (AvgIpc) is 2.93. The van der Waals surface area contributed by atoms with E-state index < -0.39 is 17.0 Å². The number of nitrogens with zero attached hydrogens (tertiary/aromatic N) is 2. The van der Waals surface area contributed by atoms with Crippen LogP contribution in [-0.2, 0) is 6.54 Å². The van der Waals surface area contributed by atoms with Gasteiger partial charge in [-0.25, -0.2) is 4.68 Å². The normalized spacial score (nSPS) is 11.5. The Morgan fingerprint density at radius 3 is 2.21 bits per heavy atom. The van der Waals surface area contributed by atoms with Gasteiger partial charge in [-0.15, -0.1) is 0 Å². The lowest BCUT2D eigenvalue weighted by atomic mass is 10.1. The van der Waals surface area contributed by atoms with Crippen molar-refractivity contribution in [2.24, 2.45) is 0 Å². The fraction of sp³-hybridized carbons (Fsp3) is 0.238. The molecule has 5 nitrogen and oxygen atoms in total. The number of rotatable bonds is 4. The van der Waals surface area contributed by atoms with E-state index in [0.29, 0.717) is 20.8 Å². The molecule has 0 aliphatic carbocycles. The van der Waals surface area contributed by atoms with Gasteiger partial charge in [0.15, 0.2) is 0 Å². The molecule has 2 aromatic carbocycles. The predicted molar refractivity (Wildman–Crippen MR) is 118 cm³/mol. The predicted octanol–water partition coefficient (Wildman–Crippen LogP) is 5.18. The molecule has 0 bridgehead atoms. The third-order valence-corrected chi connectivity index (χ3v) is 4.95. The minimum absolute atomic E-state index is 0.0416. The van der Waals surface area contributed by atoms with E-state index in [-0.39, 0.29) is 12.1 Å². The third kappa shape index (κ3) is 5.04. The van der Waals surface area contributed by atoms with Crippen LogP contribution in [0.25, 0.3) is 5.69 Å². The molecule has 1 heterocycles. The maximum Gasteiger partial charge on any atom is 0.284 e. The molecule has 0 fully saturated rings. The van der Waals surface area contributed by atoms with Crippen LogP contribution in [0.5, 0.6) is 0 Å². The van der Waals surface area contributed by atoms with Gasteiger partial charge in [-0.2, -0.15) is 0 Å². The van der Waals surface area contributed by atoms with E-state index in [1.54, 1.807) is 47.1 Å². The standard InChI is InChI=1S/C21H20Cl3N3O2/c1-21(2,3)25-19(28)17-12-26(11-13-4-5-15(23)10-18(13)24)27(20(17)29)16-8-6-14(22)7-9-16/h4-10,12H,11H2,1-3H3,(H,25,28). The van der Waals surface area contributed by atoms with Crippen molar-refractivity contribution in [3.63, 3.8) is 0 Å². The Kier molecular flexibility index (Phi) is 6.13. The number of carbonyl (C=O) groups is 1. The summed E-state index contributed by atoms with van der Waals surface area (Å²) in [7, 11) is 0. The fourth-order valence-corrected chi connectivity index (χ4v) is 3.44. The molecule has 0 aliphatic heterocycles. The van der Waals surface area contributed by atoms with Gasteiger partial charge >= 0.3 is 0 Å². The first-order valence-electron chi connectivity index (χ1n) is 8.90. The molecular weight excluding hydrogens is 433 g/mol. The van der Waals surface area contributed by atoms with Gasteiger partial charge in [0.1, 0.15) is 5.56 Å². The number of hydrogen-bond donors (Lipinski definition) is 1. The highest BCUT2D eigenvalue weighted by molar-refractivity contribution is 6.35. The van der Waals surface area contributed by atoms with Gasteiger partial charge in [0.05, 0.1) is 12.2 Å². The summed E-state index contributed by atoms with van der Waals surface area (Å²) in [5.74, 6) is -0.439. The van der Waals surface area contributed by atoms with Gasteiger partial charge in [-0.05, 0) is 62.7 Å². The first-order chi connectivity index (χ1) is 13.5. The second-order valence-electron chi connectivity index (χ2n) is 7.67. The Bertz CT molecular complexity index is 1110. The van der Waals surface area contributed by atoms with Crippen molar-refractivity contribution in [1.29, 1.82) is 0 Å². The zero-order valence-electron chi connectivity index (χ0n) is 16.2. The molecule has 0 aliphatic rings. The number of benzene rings is 2. The highest BCUT2D eigenvalue weighted by Gasteiger charge is 2.23. The molecule has 3 aromatic rings. The molecule has 3 rings (SSSR count). The zero-order chi connectivity index (χ0) is 21.3. The van der Waals surface area contributed by atoms with Crippen LogP contribution in [0.1, 0.15) is 36.7 Å². The highest BCUT2D eigenvalue weighted by atomic mass is 35.5. The highest BCUT2D eigenvalue weighted by Crippen LogP contribution is 2.22. The smallest absolute Gasteiger partial charge is 0.284 e. The van der Waals surface area contributed by atoms with Gasteiger partial charge in [0, 0.05) is 26.8 Å². The van der Waals surface area contributed by atoms with Crippen LogP contribution in [-0.4, -0.2) is 20.8 Å². The van der Waals surface area contributed by atoms with E-state index >= 15 is 0 Å². The average molecular weight is 453 g/mol. The van der Waals surface area contributed by atoms with Gasteiger partial charge in [0.25, 0.3) is 11.5 Å². The first kappa shape index (κ1) is 21.5. The SMILES string of the molecule is CC(C)(C)NC(=O)c1cn(Cc2ccc(Cl)cc2Cl)n(-c2ccc(Cl)cc2)c1=O.